The van der Waals surface area contributed by atoms with Crippen molar-refractivity contribution in [2.45, 2.75) is 83.0 Å². The van der Waals surface area contributed by atoms with Crippen LogP contribution in [-0.2, 0) is 56.2 Å². The maximum Gasteiger partial charge on any atom is 0.508 e. The topological polar surface area (TPSA) is 265 Å². The van der Waals surface area contributed by atoms with E-state index in [0.717, 1.165) is 17.7 Å². The molecule has 3 heterocycles. The van der Waals surface area contributed by atoms with Crippen LogP contribution in [0.3, 0.4) is 0 Å². The highest BCUT2D eigenvalue weighted by Gasteiger charge is 2.51. The fourth-order valence-electron chi connectivity index (χ4n) is 8.15. The molecule has 0 N–H and O–H groups in total. The third-order valence-electron chi connectivity index (χ3n) is 11.7. The van der Waals surface area contributed by atoms with Gasteiger partial charge in [0.1, 0.15) is 24.1 Å². The number of sulfone groups is 1. The van der Waals surface area contributed by atoms with Crippen LogP contribution in [0.2, 0.25) is 5.02 Å². The summed E-state index contributed by atoms with van der Waals surface area (Å²) in [5.74, 6) is -3.13. The van der Waals surface area contributed by atoms with Crippen LogP contribution in [0.1, 0.15) is 67.2 Å². The van der Waals surface area contributed by atoms with Crippen LogP contribution < -0.4 is 9.47 Å². The molecule has 0 spiro atoms. The molecule has 1 aliphatic carbocycles. The first kappa shape index (κ1) is 54.7. The average Bonchev–Trinajstić information content (AvgIpc) is 4.18. The number of rotatable bonds is 28. The lowest BCUT2D eigenvalue weighted by Gasteiger charge is -2.47. The lowest BCUT2D eigenvalue weighted by molar-refractivity contribution is -0.758. The minimum absolute atomic E-state index is 0.00464. The van der Waals surface area contributed by atoms with Crippen molar-refractivity contribution in [2.75, 3.05) is 71.0 Å². The number of nitrogens with zero attached hydrogens (tertiary/aromatic N) is 5. The number of carbonyl (C=O) groups excluding carboxylic acids is 3. The first-order valence-electron chi connectivity index (χ1n) is 23.1. The second-order valence-electron chi connectivity index (χ2n) is 16.8. The van der Waals surface area contributed by atoms with Crippen LogP contribution in [0.25, 0.3) is 5.57 Å². The average molecular weight is 1050 g/mol. The van der Waals surface area contributed by atoms with Crippen molar-refractivity contribution in [3.8, 4) is 11.6 Å². The molecule has 22 nitrogen and oxygen atoms in total. The maximum atomic E-state index is 15.3. The molecule has 26 heteroatoms. The summed E-state index contributed by atoms with van der Waals surface area (Å²) in [6, 6.07) is 8.51. The van der Waals surface area contributed by atoms with Gasteiger partial charge >= 0.3 is 12.2 Å². The minimum atomic E-state index is -3.79. The van der Waals surface area contributed by atoms with E-state index in [1.807, 2.05) is 24.3 Å². The van der Waals surface area contributed by atoms with E-state index in [-0.39, 0.29) is 108 Å². The number of halogens is 3. The van der Waals surface area contributed by atoms with Crippen molar-refractivity contribution in [3.05, 3.63) is 113 Å². The minimum Gasteiger partial charge on any atom is -0.489 e. The number of hydrogen-bond donors (Lipinski definition) is 0. The number of aromatic nitrogens is 1. The molecule has 2 atom stereocenters. The van der Waals surface area contributed by atoms with Gasteiger partial charge in [-0.3, -0.25) is 9.69 Å². The summed E-state index contributed by atoms with van der Waals surface area (Å²) in [4.78, 5) is 77.6. The Bertz CT molecular complexity index is 2560. The van der Waals surface area contributed by atoms with Gasteiger partial charge in [-0.05, 0) is 92.3 Å². The molecule has 2 aromatic carbocycles. The molecule has 2 fully saturated rings. The third-order valence-corrected chi connectivity index (χ3v) is 13.8. The van der Waals surface area contributed by atoms with E-state index in [9.17, 15) is 47.0 Å². The number of unbranched alkanes of at least 4 members (excludes halogenated alkanes) is 1. The largest absolute Gasteiger partial charge is 0.508 e. The molecule has 2 bridgehead atoms. The summed E-state index contributed by atoms with van der Waals surface area (Å²) < 4.78 is 87.6. The normalized spacial score (nSPS) is 16.9. The van der Waals surface area contributed by atoms with Gasteiger partial charge in [0, 0.05) is 36.3 Å². The van der Waals surface area contributed by atoms with Gasteiger partial charge in [-0.2, -0.15) is 0 Å². The van der Waals surface area contributed by atoms with Gasteiger partial charge in [-0.1, -0.05) is 35.9 Å². The molecule has 6 rings (SSSR count). The zero-order valence-electron chi connectivity index (χ0n) is 39.2. The summed E-state index contributed by atoms with van der Waals surface area (Å²) in [6.45, 7) is 0.927. The molecule has 1 aromatic heterocycles. The number of amides is 2. The SMILES string of the molecule is Cc1c(CN(C(=O)C2=C(c3ccc(CCCOc4c(F)ccc(F)c4Cl)cc3)CC3CS(=O)(=O)CC2N3C(=O)OCCOCCO[N+](=O)[O-])C2CC2)ccnc1OCCCOC(=O)OCCCCO[N+](=O)[O-]. The van der Waals surface area contributed by atoms with Crippen molar-refractivity contribution < 1.29 is 79.9 Å². The van der Waals surface area contributed by atoms with Gasteiger partial charge in [-0.15, -0.1) is 20.2 Å². The van der Waals surface area contributed by atoms with E-state index in [1.165, 1.54) is 11.1 Å². The lowest BCUT2D eigenvalue weighted by atomic mass is 9.84. The summed E-state index contributed by atoms with van der Waals surface area (Å²) in [5, 5.41) is 18.4. The van der Waals surface area contributed by atoms with Crippen LogP contribution >= 0.6 is 11.6 Å². The third kappa shape index (κ3) is 15.7. The van der Waals surface area contributed by atoms with Crippen LogP contribution in [-0.4, -0.2) is 141 Å². The fraction of sp³-hybridized carbons (Fsp3) is 0.522. The summed E-state index contributed by atoms with van der Waals surface area (Å²) >= 11 is 5.90. The van der Waals surface area contributed by atoms with Crippen molar-refractivity contribution >= 4 is 45.2 Å². The number of ether oxygens (including phenoxy) is 6. The van der Waals surface area contributed by atoms with Crippen LogP contribution in [0.5, 0.6) is 11.6 Å². The second-order valence-corrected chi connectivity index (χ2v) is 19.4. The summed E-state index contributed by atoms with van der Waals surface area (Å²) in [6.07, 6.45) is 2.89. The van der Waals surface area contributed by atoms with Gasteiger partial charge in [0.25, 0.3) is 16.1 Å². The maximum absolute atomic E-state index is 15.3. The molecule has 2 amide bonds. The van der Waals surface area contributed by atoms with E-state index in [2.05, 4.69) is 14.7 Å². The van der Waals surface area contributed by atoms with Crippen LogP contribution in [0.4, 0.5) is 18.4 Å². The van der Waals surface area contributed by atoms with E-state index >= 15 is 4.79 Å². The van der Waals surface area contributed by atoms with Crippen LogP contribution in [0.15, 0.2) is 54.2 Å². The Labute approximate surface area is 417 Å². The second kappa shape index (κ2) is 26.2. The van der Waals surface area contributed by atoms with Gasteiger partial charge in [0.05, 0.1) is 69.8 Å². The Hall–Kier alpha value is -6.60. The summed E-state index contributed by atoms with van der Waals surface area (Å²) in [7, 11) is -3.79. The number of fused-ring (bicyclic) bond motifs is 2. The first-order chi connectivity index (χ1) is 34.5. The number of carbonyl (C=O) groups is 3. The van der Waals surface area contributed by atoms with E-state index in [1.54, 1.807) is 17.9 Å². The Kier molecular flexibility index (Phi) is 19.9. The molecule has 392 valence electrons. The smallest absolute Gasteiger partial charge is 0.489 e. The standard InChI is InChI=1S/C46H54ClF2N5O17S/c1-30-33(15-16-50-43(30)66-19-5-20-69-46(57)68-17-2-3-21-70-53(58)59)27-51(34-11-12-34)44(55)40-36(32-9-7-31(8-10-32)6-4-18-65-42-38(49)14-13-37(48)41(42)47)26-35-28-72(62,63)29-39(40)52(35)45(56)67-24-22-64-23-25-71-54(60)61/h7-10,13-16,34-35,39H,2-6,11-12,17-29H2,1H3. The molecule has 72 heavy (non-hydrogen) atoms. The zero-order valence-corrected chi connectivity index (χ0v) is 40.8. The Morgan fingerprint density at radius 2 is 1.47 bits per heavy atom. The molecule has 3 aliphatic rings. The van der Waals surface area contributed by atoms with Gasteiger partial charge in [0.2, 0.25) is 5.88 Å². The molecule has 1 saturated carbocycles. The Morgan fingerprint density at radius 1 is 0.806 bits per heavy atom. The monoisotopic (exact) mass is 1050 g/mol. The molecular formula is C46H54ClF2N5O17S. The molecule has 2 unspecified atom stereocenters. The van der Waals surface area contributed by atoms with E-state index in [4.69, 9.17) is 40.0 Å². The summed E-state index contributed by atoms with van der Waals surface area (Å²) in [5.41, 5.74) is 3.47. The van der Waals surface area contributed by atoms with Crippen molar-refractivity contribution in [1.29, 1.82) is 0 Å². The highest BCUT2D eigenvalue weighted by molar-refractivity contribution is 7.91. The Balaban J connectivity index is 1.18. The number of pyridine rings is 1. The van der Waals surface area contributed by atoms with E-state index in [0.29, 0.717) is 60.8 Å². The molecule has 0 radical (unpaired) electrons. The molecule has 2 aliphatic heterocycles. The lowest BCUT2D eigenvalue weighted by Crippen LogP contribution is -2.61. The van der Waals surface area contributed by atoms with Gasteiger partial charge in [0.15, 0.2) is 21.4 Å². The van der Waals surface area contributed by atoms with Crippen molar-refractivity contribution in [1.82, 2.24) is 14.8 Å². The molecule has 3 aromatic rings. The van der Waals surface area contributed by atoms with Crippen molar-refractivity contribution in [3.63, 3.8) is 0 Å². The fourth-order valence-corrected chi connectivity index (χ4v) is 10.2. The zero-order chi connectivity index (χ0) is 51.8. The Morgan fingerprint density at radius 3 is 2.19 bits per heavy atom. The molecular weight excluding hydrogens is 1000 g/mol. The van der Waals surface area contributed by atoms with Crippen LogP contribution in [0, 0.1) is 38.8 Å². The highest BCUT2D eigenvalue weighted by atomic mass is 35.5. The van der Waals surface area contributed by atoms with Crippen molar-refractivity contribution in [2.24, 2.45) is 0 Å². The van der Waals surface area contributed by atoms with E-state index < -0.39 is 72.7 Å². The predicted octanol–water partition coefficient (Wildman–Crippen LogP) is 6.42. The number of aryl methyl sites for hydroxylation is 1. The highest BCUT2D eigenvalue weighted by Crippen LogP contribution is 2.42. The number of benzene rings is 2. The predicted molar refractivity (Wildman–Crippen MR) is 248 cm³/mol. The first-order valence-corrected chi connectivity index (χ1v) is 25.3. The quantitative estimate of drug-likeness (QED) is 0.0249. The molecule has 1 saturated heterocycles. The number of hydrogen-bond acceptors (Lipinski definition) is 18. The van der Waals surface area contributed by atoms with Gasteiger partial charge in [-0.25, -0.2) is 31.8 Å². The van der Waals surface area contributed by atoms with Gasteiger partial charge < -0.3 is 43.0 Å².